The van der Waals surface area contributed by atoms with Crippen LogP contribution >= 0.6 is 0 Å². The first-order valence-electron chi connectivity index (χ1n) is 9.54. The van der Waals surface area contributed by atoms with Gasteiger partial charge in [-0.15, -0.1) is 0 Å². The number of anilines is 1. The lowest BCUT2D eigenvalue weighted by atomic mass is 9.96. The number of hydrogen-bond donors (Lipinski definition) is 4. The molecule has 1 aromatic carbocycles. The monoisotopic (exact) mass is 400 g/mol. The number of nitrogens with one attached hydrogen (secondary N) is 1. The second-order valence-corrected chi connectivity index (χ2v) is 7.54. The lowest BCUT2D eigenvalue weighted by molar-refractivity contribution is -0.0986. The van der Waals surface area contributed by atoms with Crippen molar-refractivity contribution in [2.45, 2.75) is 43.3 Å². The van der Waals surface area contributed by atoms with Gasteiger partial charge in [0, 0.05) is 24.9 Å². The zero-order chi connectivity index (χ0) is 20.6. The van der Waals surface area contributed by atoms with Crippen LogP contribution in [0, 0.1) is 0 Å². The maximum atomic E-state index is 12.5. The lowest BCUT2D eigenvalue weighted by Crippen LogP contribution is -2.46. The van der Waals surface area contributed by atoms with Crippen LogP contribution in [0.1, 0.15) is 31.1 Å². The molecule has 29 heavy (non-hydrogen) atoms. The molecule has 0 radical (unpaired) electrons. The summed E-state index contributed by atoms with van der Waals surface area (Å²) in [6.07, 6.45) is 0.745. The number of para-hydroxylation sites is 1. The van der Waals surface area contributed by atoms with Crippen molar-refractivity contribution < 1.29 is 20.1 Å². The minimum atomic E-state index is -1.73. The van der Waals surface area contributed by atoms with Crippen LogP contribution in [0.5, 0.6) is 0 Å². The molecule has 9 heteroatoms. The van der Waals surface area contributed by atoms with Crippen LogP contribution in [0.2, 0.25) is 0 Å². The van der Waals surface area contributed by atoms with Crippen LogP contribution in [0.25, 0.3) is 0 Å². The zero-order valence-corrected chi connectivity index (χ0v) is 16.0. The molecular weight excluding hydrogens is 376 g/mol. The van der Waals surface area contributed by atoms with Crippen LogP contribution in [0.4, 0.5) is 11.5 Å². The number of aliphatic hydroxyl groups excluding tert-OH is 2. The van der Waals surface area contributed by atoms with E-state index in [1.54, 1.807) is 6.07 Å². The van der Waals surface area contributed by atoms with Gasteiger partial charge < -0.3 is 25.4 Å². The molecule has 1 unspecified atom stereocenters. The predicted molar refractivity (Wildman–Crippen MR) is 107 cm³/mol. The average Bonchev–Trinajstić information content (AvgIpc) is 3.21. The molecule has 1 aromatic heterocycles. The van der Waals surface area contributed by atoms with Crippen molar-refractivity contribution >= 4 is 17.7 Å². The van der Waals surface area contributed by atoms with Crippen molar-refractivity contribution in [1.29, 1.82) is 0 Å². The highest BCUT2D eigenvalue weighted by atomic mass is 16.6. The molecule has 2 aliphatic heterocycles. The molecule has 9 nitrogen and oxygen atoms in total. The number of fused-ring (bicyclic) bond motifs is 1. The third-order valence-electron chi connectivity index (χ3n) is 5.51. The number of aliphatic imine (C=N–C) groups is 1. The third-order valence-corrected chi connectivity index (χ3v) is 5.51. The summed E-state index contributed by atoms with van der Waals surface area (Å²) >= 11 is 0. The molecule has 2 aromatic rings. The quantitative estimate of drug-likeness (QED) is 0.557. The Morgan fingerprint density at radius 3 is 2.83 bits per heavy atom. The van der Waals surface area contributed by atoms with Crippen molar-refractivity contribution in [3.63, 3.8) is 0 Å². The van der Waals surface area contributed by atoms with Crippen molar-refractivity contribution in [3.05, 3.63) is 52.6 Å². The van der Waals surface area contributed by atoms with E-state index in [0.717, 1.165) is 16.7 Å². The van der Waals surface area contributed by atoms with E-state index < -0.39 is 36.3 Å². The van der Waals surface area contributed by atoms with Gasteiger partial charge in [0.15, 0.2) is 6.23 Å². The second kappa shape index (κ2) is 7.68. The van der Waals surface area contributed by atoms with Crippen LogP contribution < -0.4 is 11.0 Å². The Morgan fingerprint density at radius 1 is 1.31 bits per heavy atom. The first-order valence-corrected chi connectivity index (χ1v) is 9.54. The van der Waals surface area contributed by atoms with Crippen LogP contribution in [0.3, 0.4) is 0 Å². The summed E-state index contributed by atoms with van der Waals surface area (Å²) in [6.45, 7) is 1.49. The van der Waals surface area contributed by atoms with Gasteiger partial charge in [-0.1, -0.05) is 18.2 Å². The van der Waals surface area contributed by atoms with Gasteiger partial charge in [-0.2, -0.15) is 4.98 Å². The van der Waals surface area contributed by atoms with Gasteiger partial charge in [0.1, 0.15) is 23.6 Å². The normalized spacial score (nSPS) is 30.5. The van der Waals surface area contributed by atoms with Gasteiger partial charge in [0.25, 0.3) is 0 Å². The van der Waals surface area contributed by atoms with E-state index in [4.69, 9.17) is 4.74 Å². The molecule has 2 aliphatic rings. The SMILES string of the molecule is C[C@@]1(O)[C@H](O)[C@@H](CO)O[C@H]1n1ccc(NCCC2C=Nc3ccccc32)nc1=O. The van der Waals surface area contributed by atoms with E-state index in [9.17, 15) is 20.1 Å². The van der Waals surface area contributed by atoms with Crippen molar-refractivity contribution in [2.75, 3.05) is 18.5 Å². The minimum absolute atomic E-state index is 0.220. The first-order chi connectivity index (χ1) is 13.9. The molecule has 0 bridgehead atoms. The summed E-state index contributed by atoms with van der Waals surface area (Å²) in [5, 5.41) is 33.0. The molecule has 4 N–H and O–H groups in total. The number of hydrogen-bond acceptors (Lipinski definition) is 8. The highest BCUT2D eigenvalue weighted by molar-refractivity contribution is 5.80. The Labute approximate surface area is 167 Å². The molecular formula is C20H24N4O5. The topological polar surface area (TPSA) is 129 Å². The maximum Gasteiger partial charge on any atom is 0.351 e. The highest BCUT2D eigenvalue weighted by Gasteiger charge is 2.53. The zero-order valence-electron chi connectivity index (χ0n) is 16.0. The van der Waals surface area contributed by atoms with Gasteiger partial charge in [-0.05, 0) is 31.0 Å². The minimum Gasteiger partial charge on any atom is -0.394 e. The Kier molecular flexibility index (Phi) is 5.22. The summed E-state index contributed by atoms with van der Waals surface area (Å²) in [7, 11) is 0. The number of benzene rings is 1. The smallest absolute Gasteiger partial charge is 0.351 e. The van der Waals surface area contributed by atoms with E-state index in [1.165, 1.54) is 18.7 Å². The van der Waals surface area contributed by atoms with Crippen molar-refractivity contribution in [1.82, 2.24) is 9.55 Å². The van der Waals surface area contributed by atoms with Crippen LogP contribution in [-0.4, -0.2) is 62.0 Å². The lowest BCUT2D eigenvalue weighted by Gasteiger charge is -2.27. The average molecular weight is 400 g/mol. The molecule has 154 valence electrons. The number of nitrogens with zero attached hydrogens (tertiary/aromatic N) is 3. The van der Waals surface area contributed by atoms with Gasteiger partial charge in [-0.25, -0.2) is 4.79 Å². The van der Waals surface area contributed by atoms with Crippen molar-refractivity contribution in [2.24, 2.45) is 4.99 Å². The standard InChI is InChI=1S/C20H24N4O5/c1-20(28)17(26)15(11-25)29-18(20)24-9-7-16(23-19(24)27)21-8-6-12-10-22-14-5-3-2-4-13(12)14/h2-5,7,9-10,12,15,17-18,25-26,28H,6,8,11H2,1H3,(H,21,23,27)/t12?,15-,17-,18-,20-/m1/s1. The van der Waals surface area contributed by atoms with E-state index >= 15 is 0 Å². The number of aliphatic hydroxyl groups is 3. The van der Waals surface area contributed by atoms with E-state index in [1.807, 2.05) is 24.4 Å². The summed E-state index contributed by atoms with van der Waals surface area (Å²) in [5.41, 5.74) is -0.178. The Balaban J connectivity index is 1.41. The molecule has 4 rings (SSSR count). The Morgan fingerprint density at radius 2 is 2.10 bits per heavy atom. The Hall–Kier alpha value is -2.59. The molecule has 5 atom stereocenters. The molecule has 0 amide bonds. The Bertz CT molecular complexity index is 973. The fourth-order valence-electron chi connectivity index (χ4n) is 3.83. The molecule has 0 aliphatic carbocycles. The first kappa shape index (κ1) is 19.7. The summed E-state index contributed by atoms with van der Waals surface area (Å²) in [6, 6.07) is 9.61. The molecule has 1 saturated heterocycles. The maximum absolute atomic E-state index is 12.5. The number of rotatable bonds is 6. The number of aromatic nitrogens is 2. The summed E-state index contributed by atoms with van der Waals surface area (Å²) in [5.74, 6) is 0.629. The van der Waals surface area contributed by atoms with E-state index in [2.05, 4.69) is 21.4 Å². The summed E-state index contributed by atoms with van der Waals surface area (Å²) in [4.78, 5) is 20.9. The largest absolute Gasteiger partial charge is 0.394 e. The fraction of sp³-hybridized carbons (Fsp3) is 0.450. The second-order valence-electron chi connectivity index (χ2n) is 7.54. The summed E-state index contributed by atoms with van der Waals surface area (Å²) < 4.78 is 6.58. The van der Waals surface area contributed by atoms with Gasteiger partial charge in [0.2, 0.25) is 0 Å². The molecule has 1 fully saturated rings. The van der Waals surface area contributed by atoms with Crippen LogP contribution in [0.15, 0.2) is 46.3 Å². The van der Waals surface area contributed by atoms with Gasteiger partial charge in [-0.3, -0.25) is 9.56 Å². The fourth-order valence-corrected chi connectivity index (χ4v) is 3.83. The van der Waals surface area contributed by atoms with Gasteiger partial charge >= 0.3 is 5.69 Å². The van der Waals surface area contributed by atoms with Crippen LogP contribution in [-0.2, 0) is 4.74 Å². The van der Waals surface area contributed by atoms with E-state index in [0.29, 0.717) is 12.4 Å². The van der Waals surface area contributed by atoms with E-state index in [-0.39, 0.29) is 5.92 Å². The van der Waals surface area contributed by atoms with Gasteiger partial charge in [0.05, 0.1) is 12.3 Å². The number of ether oxygens (including phenoxy) is 1. The molecule has 3 heterocycles. The molecule has 0 spiro atoms. The predicted octanol–water partition coefficient (Wildman–Crippen LogP) is 0.547. The molecule has 0 saturated carbocycles. The van der Waals surface area contributed by atoms with Crippen molar-refractivity contribution in [3.8, 4) is 0 Å². The third kappa shape index (κ3) is 3.58. The highest BCUT2D eigenvalue weighted by Crippen LogP contribution is 2.37.